The Morgan fingerprint density at radius 1 is 1.20 bits per heavy atom. The molecule has 1 aromatic carbocycles. The van der Waals surface area contributed by atoms with Gasteiger partial charge in [0.25, 0.3) is 0 Å². The number of fused-ring (bicyclic) bond motifs is 1. The lowest BCUT2D eigenvalue weighted by molar-refractivity contribution is 0.358. The largest absolute Gasteiger partial charge is 0.422 e. The molecular formula is C19H15N5O. The maximum Gasteiger partial charge on any atom is 0.224 e. The molecule has 1 aliphatic rings. The van der Waals surface area contributed by atoms with E-state index in [1.54, 1.807) is 24.1 Å². The van der Waals surface area contributed by atoms with Crippen molar-refractivity contribution >= 4 is 0 Å². The van der Waals surface area contributed by atoms with Crippen molar-refractivity contribution in [2.45, 2.75) is 5.92 Å². The van der Waals surface area contributed by atoms with E-state index in [0.29, 0.717) is 11.5 Å². The highest BCUT2D eigenvalue weighted by molar-refractivity contribution is 5.71. The van der Waals surface area contributed by atoms with Gasteiger partial charge in [0.1, 0.15) is 17.3 Å². The number of hydrogen-bond acceptors (Lipinski definition) is 5. The van der Waals surface area contributed by atoms with Gasteiger partial charge in [0.05, 0.1) is 11.5 Å². The molecule has 0 fully saturated rings. The minimum Gasteiger partial charge on any atom is -0.422 e. The lowest BCUT2D eigenvalue weighted by Gasteiger charge is -2.24. The van der Waals surface area contributed by atoms with E-state index >= 15 is 0 Å². The molecule has 0 spiro atoms. The van der Waals surface area contributed by atoms with Gasteiger partial charge < -0.3 is 10.5 Å². The first-order valence-electron chi connectivity index (χ1n) is 7.80. The summed E-state index contributed by atoms with van der Waals surface area (Å²) in [6.07, 6.45) is 3.44. The Balaban J connectivity index is 2.01. The van der Waals surface area contributed by atoms with Crippen molar-refractivity contribution in [1.29, 1.82) is 5.26 Å². The van der Waals surface area contributed by atoms with Gasteiger partial charge in [0.15, 0.2) is 0 Å². The zero-order valence-corrected chi connectivity index (χ0v) is 13.5. The number of aromatic nitrogens is 3. The van der Waals surface area contributed by atoms with Crippen molar-refractivity contribution in [3.8, 4) is 23.2 Å². The first kappa shape index (κ1) is 15.0. The van der Waals surface area contributed by atoms with E-state index in [1.807, 2.05) is 42.5 Å². The molecule has 0 saturated carbocycles. The van der Waals surface area contributed by atoms with Crippen molar-refractivity contribution < 1.29 is 4.74 Å². The van der Waals surface area contributed by atoms with Gasteiger partial charge in [-0.1, -0.05) is 36.4 Å². The van der Waals surface area contributed by atoms with Gasteiger partial charge in [-0.05, 0) is 11.6 Å². The lowest BCUT2D eigenvalue weighted by atomic mass is 9.84. The second-order valence-electron chi connectivity index (χ2n) is 5.77. The van der Waals surface area contributed by atoms with Crippen LogP contribution < -0.4 is 10.5 Å². The second-order valence-corrected chi connectivity index (χ2v) is 5.77. The number of nitriles is 1. The molecule has 122 valence electrons. The van der Waals surface area contributed by atoms with Crippen LogP contribution in [0.4, 0.5) is 0 Å². The van der Waals surface area contributed by atoms with E-state index in [-0.39, 0.29) is 11.8 Å². The summed E-state index contributed by atoms with van der Waals surface area (Å²) in [4.78, 5) is 4.19. The number of benzene rings is 1. The Kier molecular flexibility index (Phi) is 3.47. The number of allylic oxidation sites excluding steroid dienone is 1. The van der Waals surface area contributed by atoms with E-state index in [9.17, 15) is 5.26 Å². The SMILES string of the molecule is Cn1nc(-c2ccccc2)c2c1OC(N)=C(C#N)C2c1cccnc1. The Bertz CT molecular complexity index is 1000. The van der Waals surface area contributed by atoms with Gasteiger partial charge in [-0.2, -0.15) is 10.4 Å². The van der Waals surface area contributed by atoms with Gasteiger partial charge in [0.2, 0.25) is 11.8 Å². The topological polar surface area (TPSA) is 89.8 Å². The first-order chi connectivity index (χ1) is 12.2. The molecule has 6 nitrogen and oxygen atoms in total. The van der Waals surface area contributed by atoms with Crippen LogP contribution in [-0.2, 0) is 7.05 Å². The molecule has 0 saturated heterocycles. The molecular weight excluding hydrogens is 314 g/mol. The average molecular weight is 329 g/mol. The van der Waals surface area contributed by atoms with Crippen LogP contribution in [0.15, 0.2) is 66.3 Å². The number of hydrogen-bond donors (Lipinski definition) is 1. The highest BCUT2D eigenvalue weighted by Crippen LogP contribution is 2.46. The summed E-state index contributed by atoms with van der Waals surface area (Å²) in [6, 6.07) is 15.8. The molecule has 1 unspecified atom stereocenters. The number of nitrogens with zero attached hydrogens (tertiary/aromatic N) is 4. The molecule has 2 aromatic heterocycles. The molecule has 0 bridgehead atoms. The normalized spacial score (nSPS) is 16.1. The average Bonchev–Trinajstić information content (AvgIpc) is 2.98. The standard InChI is InChI=1S/C19H15N5O/c1-24-19-16(17(23-24)12-6-3-2-4-7-12)15(13-8-5-9-22-11-13)14(10-20)18(21)25-19/h2-9,11,15H,21H2,1H3. The minimum absolute atomic E-state index is 0.103. The van der Waals surface area contributed by atoms with E-state index in [1.165, 1.54) is 0 Å². The minimum atomic E-state index is -0.369. The van der Waals surface area contributed by atoms with Crippen LogP contribution in [0.25, 0.3) is 11.3 Å². The Morgan fingerprint density at radius 2 is 2.00 bits per heavy atom. The molecule has 4 rings (SSSR count). The molecule has 6 heteroatoms. The third-order valence-corrected chi connectivity index (χ3v) is 4.26. The van der Waals surface area contributed by atoms with Crippen molar-refractivity contribution in [1.82, 2.24) is 14.8 Å². The van der Waals surface area contributed by atoms with Crippen molar-refractivity contribution in [2.75, 3.05) is 0 Å². The third-order valence-electron chi connectivity index (χ3n) is 4.26. The molecule has 3 heterocycles. The van der Waals surface area contributed by atoms with E-state index in [0.717, 1.165) is 22.4 Å². The van der Waals surface area contributed by atoms with Crippen LogP contribution in [0, 0.1) is 11.3 Å². The van der Waals surface area contributed by atoms with Crippen molar-refractivity contribution in [3.05, 3.63) is 77.4 Å². The first-order valence-corrected chi connectivity index (χ1v) is 7.80. The van der Waals surface area contributed by atoms with Crippen LogP contribution in [0.2, 0.25) is 0 Å². The molecule has 2 N–H and O–H groups in total. The lowest BCUT2D eigenvalue weighted by Crippen LogP contribution is -2.21. The van der Waals surface area contributed by atoms with Crippen LogP contribution in [-0.4, -0.2) is 14.8 Å². The third kappa shape index (κ3) is 2.34. The molecule has 1 atom stereocenters. The second kappa shape index (κ2) is 5.80. The quantitative estimate of drug-likeness (QED) is 0.780. The zero-order valence-electron chi connectivity index (χ0n) is 13.5. The summed E-state index contributed by atoms with van der Waals surface area (Å²) in [6.45, 7) is 0. The molecule has 3 aromatic rings. The number of ether oxygens (including phenoxy) is 1. The number of aryl methyl sites for hydroxylation is 1. The molecule has 0 amide bonds. The monoisotopic (exact) mass is 329 g/mol. The Hall–Kier alpha value is -3.59. The summed E-state index contributed by atoms with van der Waals surface area (Å²) in [5, 5.41) is 14.3. The Labute approximate surface area is 144 Å². The van der Waals surface area contributed by atoms with Crippen LogP contribution >= 0.6 is 0 Å². The summed E-state index contributed by atoms with van der Waals surface area (Å²) in [5.74, 6) is 0.280. The zero-order chi connectivity index (χ0) is 17.4. The predicted octanol–water partition coefficient (Wildman–Crippen LogP) is 2.70. The Morgan fingerprint density at radius 3 is 2.68 bits per heavy atom. The van der Waals surface area contributed by atoms with E-state index in [4.69, 9.17) is 10.5 Å². The van der Waals surface area contributed by atoms with E-state index in [2.05, 4.69) is 16.2 Å². The number of rotatable bonds is 2. The van der Waals surface area contributed by atoms with Gasteiger partial charge >= 0.3 is 0 Å². The smallest absolute Gasteiger partial charge is 0.224 e. The number of nitrogens with two attached hydrogens (primary N) is 1. The maximum atomic E-state index is 9.67. The molecule has 1 aliphatic heterocycles. The number of pyridine rings is 1. The van der Waals surface area contributed by atoms with Gasteiger partial charge in [-0.25, -0.2) is 4.68 Å². The summed E-state index contributed by atoms with van der Waals surface area (Å²) in [7, 11) is 1.80. The van der Waals surface area contributed by atoms with Crippen LogP contribution in [0.3, 0.4) is 0 Å². The summed E-state index contributed by atoms with van der Waals surface area (Å²) < 4.78 is 7.39. The van der Waals surface area contributed by atoms with Gasteiger partial charge in [-0.15, -0.1) is 0 Å². The molecule has 25 heavy (non-hydrogen) atoms. The fourth-order valence-corrected chi connectivity index (χ4v) is 3.16. The summed E-state index contributed by atoms with van der Waals surface area (Å²) >= 11 is 0. The summed E-state index contributed by atoms with van der Waals surface area (Å²) in [5.41, 5.74) is 9.81. The van der Waals surface area contributed by atoms with Crippen LogP contribution in [0.1, 0.15) is 17.0 Å². The highest BCUT2D eigenvalue weighted by atomic mass is 16.5. The van der Waals surface area contributed by atoms with Crippen molar-refractivity contribution in [3.63, 3.8) is 0 Å². The highest BCUT2D eigenvalue weighted by Gasteiger charge is 2.36. The van der Waals surface area contributed by atoms with E-state index < -0.39 is 0 Å². The fourth-order valence-electron chi connectivity index (χ4n) is 3.16. The van der Waals surface area contributed by atoms with Gasteiger partial charge in [0, 0.05) is 25.0 Å². The fraction of sp³-hybridized carbons (Fsp3) is 0.105. The van der Waals surface area contributed by atoms with Crippen LogP contribution in [0.5, 0.6) is 5.88 Å². The van der Waals surface area contributed by atoms with Gasteiger partial charge in [-0.3, -0.25) is 4.98 Å². The van der Waals surface area contributed by atoms with Crippen molar-refractivity contribution in [2.24, 2.45) is 12.8 Å². The maximum absolute atomic E-state index is 9.67. The predicted molar refractivity (Wildman–Crippen MR) is 92.2 cm³/mol. The molecule has 0 radical (unpaired) electrons. The molecule has 0 aliphatic carbocycles.